The lowest BCUT2D eigenvalue weighted by atomic mass is 10.2. The van der Waals surface area contributed by atoms with Gasteiger partial charge in [0.05, 0.1) is 51.2 Å². The molecule has 2 N–H and O–H groups in total. The number of imidazole rings is 2. The summed E-state index contributed by atoms with van der Waals surface area (Å²) in [6, 6.07) is 3.88. The van der Waals surface area contributed by atoms with Crippen molar-refractivity contribution in [3.8, 4) is 11.3 Å². The molecule has 0 aliphatic carbocycles. The van der Waals surface area contributed by atoms with Crippen LogP contribution in [0.2, 0.25) is 10.4 Å². The molecule has 5 aromatic rings. The van der Waals surface area contributed by atoms with Gasteiger partial charge in [0.15, 0.2) is 16.4 Å². The minimum absolute atomic E-state index is 0.102. The number of anilines is 2. The third kappa shape index (κ3) is 6.78. The van der Waals surface area contributed by atoms with Crippen LogP contribution in [0, 0.1) is 0 Å². The Morgan fingerprint density at radius 1 is 0.860 bits per heavy atom. The molecule has 14 nitrogen and oxygen atoms in total. The fourth-order valence-electron chi connectivity index (χ4n) is 4.70. The predicted octanol–water partition coefficient (Wildman–Crippen LogP) is 3.86. The summed E-state index contributed by atoms with van der Waals surface area (Å²) in [6.07, 6.45) is 5.17. The smallest absolute Gasteiger partial charge is 0.228 e. The van der Waals surface area contributed by atoms with Crippen molar-refractivity contribution < 1.29 is 14.2 Å². The number of fused-ring (bicyclic) bond motifs is 2. The van der Waals surface area contributed by atoms with E-state index in [0.717, 1.165) is 35.5 Å². The molecule has 1 fully saturated rings. The number of aromatic nitrogens is 9. The highest BCUT2D eigenvalue weighted by Crippen LogP contribution is 2.29. The van der Waals surface area contributed by atoms with E-state index in [2.05, 4.69) is 36.7 Å². The number of nitrogen functional groups attached to an aromatic ring is 1. The van der Waals surface area contributed by atoms with E-state index >= 15 is 0 Å². The number of ether oxygens (including phenoxy) is 3. The minimum Gasteiger partial charge on any atom is -0.384 e. The van der Waals surface area contributed by atoms with Gasteiger partial charge in [-0.05, 0) is 37.6 Å². The Kier molecular flexibility index (Phi) is 9.82. The van der Waals surface area contributed by atoms with Crippen LogP contribution in [-0.2, 0) is 14.2 Å². The van der Waals surface area contributed by atoms with Crippen LogP contribution in [0.5, 0.6) is 0 Å². The normalized spacial score (nSPS) is 15.0. The topological polar surface area (TPSA) is 157 Å². The number of methoxy groups -OCH3 is 2. The maximum absolute atomic E-state index is 5.91. The molecule has 6 heterocycles. The van der Waals surface area contributed by atoms with Gasteiger partial charge in [0, 0.05) is 39.1 Å². The molecule has 2 unspecified atom stereocenters. The lowest BCUT2D eigenvalue weighted by Gasteiger charge is -2.27. The molecular weight excluding hydrogens is 597 g/mol. The lowest BCUT2D eigenvalue weighted by molar-refractivity contribution is 0.122. The van der Waals surface area contributed by atoms with Gasteiger partial charge in [0.2, 0.25) is 11.2 Å². The first-order chi connectivity index (χ1) is 20.8. The monoisotopic (exact) mass is 629 g/mol. The van der Waals surface area contributed by atoms with Crippen LogP contribution < -0.4 is 10.6 Å². The molecule has 43 heavy (non-hydrogen) atoms. The van der Waals surface area contributed by atoms with Crippen molar-refractivity contribution >= 4 is 57.3 Å². The summed E-state index contributed by atoms with van der Waals surface area (Å²) in [4.78, 5) is 32.7. The van der Waals surface area contributed by atoms with Gasteiger partial charge in [0.25, 0.3) is 0 Å². The van der Waals surface area contributed by atoms with Crippen molar-refractivity contribution in [2.24, 2.45) is 0 Å². The second-order valence-corrected chi connectivity index (χ2v) is 10.7. The van der Waals surface area contributed by atoms with Crippen molar-refractivity contribution in [2.75, 3.05) is 64.4 Å². The Morgan fingerprint density at radius 3 is 2.09 bits per heavy atom. The Morgan fingerprint density at radius 2 is 1.49 bits per heavy atom. The van der Waals surface area contributed by atoms with Crippen molar-refractivity contribution in [1.29, 1.82) is 0 Å². The fourth-order valence-corrected chi connectivity index (χ4v) is 5.12. The maximum Gasteiger partial charge on any atom is 0.228 e. The highest BCUT2D eigenvalue weighted by atomic mass is 35.5. The van der Waals surface area contributed by atoms with Gasteiger partial charge in [-0.25, -0.2) is 24.9 Å². The van der Waals surface area contributed by atoms with E-state index in [4.69, 9.17) is 53.1 Å². The molecule has 1 aliphatic heterocycles. The molecule has 228 valence electrons. The first-order valence-corrected chi connectivity index (χ1v) is 14.4. The SMILES string of the molecule is COCC(C)n1cnc2c(-c3ccc(N)nc3)nc(N3CCOCC3)nc21.COCC(C)n1cnc2c(Cl)nc(Cl)nc21. The van der Waals surface area contributed by atoms with E-state index < -0.39 is 0 Å². The van der Waals surface area contributed by atoms with Crippen LogP contribution in [-0.4, -0.2) is 97.8 Å². The Labute approximate surface area is 258 Å². The second kappa shape index (κ2) is 13.7. The minimum atomic E-state index is 0.102. The van der Waals surface area contributed by atoms with Gasteiger partial charge in [-0.15, -0.1) is 0 Å². The molecule has 2 atom stereocenters. The molecule has 1 aliphatic rings. The van der Waals surface area contributed by atoms with Gasteiger partial charge in [-0.3, -0.25) is 0 Å². The van der Waals surface area contributed by atoms with Gasteiger partial charge in [-0.2, -0.15) is 9.97 Å². The first-order valence-electron chi connectivity index (χ1n) is 13.6. The lowest BCUT2D eigenvalue weighted by Crippen LogP contribution is -2.37. The number of pyridine rings is 1. The van der Waals surface area contributed by atoms with E-state index in [1.54, 1.807) is 39.1 Å². The Bertz CT molecular complexity index is 1670. The summed E-state index contributed by atoms with van der Waals surface area (Å²) in [6.45, 7) is 8.05. The van der Waals surface area contributed by atoms with Crippen molar-refractivity contribution in [3.05, 3.63) is 41.4 Å². The highest BCUT2D eigenvalue weighted by molar-refractivity contribution is 6.35. The van der Waals surface area contributed by atoms with Crippen LogP contribution in [0.4, 0.5) is 11.8 Å². The van der Waals surface area contributed by atoms with Gasteiger partial charge in [-0.1, -0.05) is 11.6 Å². The third-order valence-electron chi connectivity index (χ3n) is 6.88. The molecule has 16 heteroatoms. The molecule has 0 radical (unpaired) electrons. The average Bonchev–Trinajstić information content (AvgIpc) is 3.63. The summed E-state index contributed by atoms with van der Waals surface area (Å²) < 4.78 is 19.7. The van der Waals surface area contributed by atoms with Crippen LogP contribution in [0.25, 0.3) is 33.6 Å². The zero-order valence-corrected chi connectivity index (χ0v) is 25.8. The molecule has 5 aromatic heterocycles. The summed E-state index contributed by atoms with van der Waals surface area (Å²) in [5, 5.41) is 0.377. The number of nitrogens with zero attached hydrogens (tertiary/aromatic N) is 10. The summed E-state index contributed by atoms with van der Waals surface area (Å²) in [5.74, 6) is 1.14. The second-order valence-electron chi connectivity index (χ2n) is 9.98. The average molecular weight is 631 g/mol. The highest BCUT2D eigenvalue weighted by Gasteiger charge is 2.22. The third-order valence-corrected chi connectivity index (χ3v) is 7.31. The first kappa shape index (κ1) is 30.8. The predicted molar refractivity (Wildman–Crippen MR) is 165 cm³/mol. The standard InChI is InChI=1S/C18H23N7O2.C9H10Cl2N4O/c1-12(10-26-2)25-11-21-16-15(13-3-4-14(19)20-9-13)22-18(23-17(16)25)24-5-7-27-8-6-24;1-5(3-16-2)15-4-12-6-7(10)13-9(11)14-8(6)15/h3-4,9,11-12H,5-8,10H2,1-2H3,(H2,19,20);4-5H,3H2,1-2H3. The van der Waals surface area contributed by atoms with Gasteiger partial charge < -0.3 is 34.0 Å². The largest absolute Gasteiger partial charge is 0.384 e. The van der Waals surface area contributed by atoms with E-state index in [0.29, 0.717) is 49.4 Å². The molecular formula is C27H33Cl2N11O3. The van der Waals surface area contributed by atoms with Crippen molar-refractivity contribution in [1.82, 2.24) is 44.0 Å². The van der Waals surface area contributed by atoms with E-state index in [1.165, 1.54) is 0 Å². The van der Waals surface area contributed by atoms with Crippen molar-refractivity contribution in [3.63, 3.8) is 0 Å². The number of morpholine rings is 1. The van der Waals surface area contributed by atoms with E-state index in [9.17, 15) is 0 Å². The number of hydrogen-bond acceptors (Lipinski definition) is 12. The molecule has 0 amide bonds. The van der Waals surface area contributed by atoms with E-state index in [1.807, 2.05) is 22.1 Å². The molecule has 0 spiro atoms. The quantitative estimate of drug-likeness (QED) is 0.195. The number of rotatable bonds is 8. The molecule has 0 bridgehead atoms. The maximum atomic E-state index is 5.91. The van der Waals surface area contributed by atoms with Crippen LogP contribution >= 0.6 is 23.2 Å². The van der Waals surface area contributed by atoms with Crippen LogP contribution in [0.3, 0.4) is 0 Å². The molecule has 0 saturated carbocycles. The van der Waals surface area contributed by atoms with Gasteiger partial charge in [0.1, 0.15) is 22.5 Å². The number of nitrogens with two attached hydrogens (primary N) is 1. The van der Waals surface area contributed by atoms with Gasteiger partial charge >= 0.3 is 0 Å². The number of halogens is 2. The molecule has 0 aromatic carbocycles. The molecule has 1 saturated heterocycles. The Balaban J connectivity index is 0.000000196. The van der Waals surface area contributed by atoms with E-state index in [-0.39, 0.29) is 22.5 Å². The molecule has 6 rings (SSSR count). The Hall–Kier alpha value is -3.69. The summed E-state index contributed by atoms with van der Waals surface area (Å²) in [5.41, 5.74) is 10.0. The number of hydrogen-bond donors (Lipinski definition) is 1. The fraction of sp³-hybridized carbons (Fsp3) is 0.444. The zero-order chi connectivity index (χ0) is 30.5. The van der Waals surface area contributed by atoms with Crippen LogP contribution in [0.15, 0.2) is 31.0 Å². The van der Waals surface area contributed by atoms with Crippen LogP contribution in [0.1, 0.15) is 25.9 Å². The summed E-state index contributed by atoms with van der Waals surface area (Å²) in [7, 11) is 3.33. The van der Waals surface area contributed by atoms with Crippen molar-refractivity contribution in [2.45, 2.75) is 25.9 Å². The zero-order valence-electron chi connectivity index (χ0n) is 24.3. The summed E-state index contributed by atoms with van der Waals surface area (Å²) >= 11 is 11.7.